The van der Waals surface area contributed by atoms with Gasteiger partial charge in [-0.1, -0.05) is 0 Å². The van der Waals surface area contributed by atoms with Gasteiger partial charge in [0.2, 0.25) is 0 Å². The van der Waals surface area contributed by atoms with Crippen LogP contribution in [0, 0.1) is 12.7 Å². The molecule has 0 amide bonds. The number of carboxylic acids is 1. The molecule has 0 bridgehead atoms. The number of hydrogen-bond acceptors (Lipinski definition) is 3. The Hall–Kier alpha value is -1.62. The summed E-state index contributed by atoms with van der Waals surface area (Å²) in [5.41, 5.74) is 6.64. The summed E-state index contributed by atoms with van der Waals surface area (Å²) in [5.74, 6) is -1.27. The third kappa shape index (κ3) is 3.51. The van der Waals surface area contributed by atoms with Crippen LogP contribution in [0.3, 0.4) is 0 Å². The van der Waals surface area contributed by atoms with Crippen LogP contribution in [0.15, 0.2) is 18.2 Å². The minimum absolute atomic E-state index is 0.257. The molecule has 1 aromatic rings. The SMILES string of the molecule is Cc1cc(NCCC(N)C(=O)O)ccc1F. The Morgan fingerprint density at radius 1 is 1.62 bits per heavy atom. The number of nitrogens with one attached hydrogen (secondary N) is 1. The maximum Gasteiger partial charge on any atom is 0.320 e. The topological polar surface area (TPSA) is 75.3 Å². The molecule has 0 fully saturated rings. The lowest BCUT2D eigenvalue weighted by molar-refractivity contribution is -0.138. The molecule has 0 aliphatic rings. The summed E-state index contributed by atoms with van der Waals surface area (Å²) in [6.45, 7) is 2.11. The fourth-order valence-corrected chi connectivity index (χ4v) is 1.25. The van der Waals surface area contributed by atoms with E-state index in [0.717, 1.165) is 5.69 Å². The van der Waals surface area contributed by atoms with Crippen molar-refractivity contribution in [1.82, 2.24) is 0 Å². The number of anilines is 1. The normalized spacial score (nSPS) is 12.2. The highest BCUT2D eigenvalue weighted by Gasteiger charge is 2.10. The van der Waals surface area contributed by atoms with Crippen LogP contribution in [0.2, 0.25) is 0 Å². The highest BCUT2D eigenvalue weighted by atomic mass is 19.1. The van der Waals surface area contributed by atoms with Crippen molar-refractivity contribution in [2.45, 2.75) is 19.4 Å². The second-order valence-corrected chi connectivity index (χ2v) is 3.62. The smallest absolute Gasteiger partial charge is 0.320 e. The third-order valence-electron chi connectivity index (χ3n) is 2.26. The van der Waals surface area contributed by atoms with Gasteiger partial charge in [0.25, 0.3) is 0 Å². The van der Waals surface area contributed by atoms with E-state index in [1.165, 1.54) is 6.07 Å². The minimum Gasteiger partial charge on any atom is -0.480 e. The van der Waals surface area contributed by atoms with Gasteiger partial charge in [-0.15, -0.1) is 0 Å². The molecular formula is C11H15FN2O2. The molecule has 1 atom stereocenters. The van der Waals surface area contributed by atoms with E-state index >= 15 is 0 Å². The first kappa shape index (κ1) is 12.4. The Bertz CT molecular complexity index is 382. The van der Waals surface area contributed by atoms with E-state index in [-0.39, 0.29) is 5.82 Å². The summed E-state index contributed by atoms with van der Waals surface area (Å²) in [4.78, 5) is 10.4. The molecule has 1 unspecified atom stereocenters. The van der Waals surface area contributed by atoms with Gasteiger partial charge in [-0.05, 0) is 37.1 Å². The minimum atomic E-state index is -1.02. The molecule has 4 nitrogen and oxygen atoms in total. The molecule has 0 aliphatic carbocycles. The largest absolute Gasteiger partial charge is 0.480 e. The molecule has 16 heavy (non-hydrogen) atoms. The quantitative estimate of drug-likeness (QED) is 0.708. The van der Waals surface area contributed by atoms with Gasteiger partial charge in [-0.3, -0.25) is 4.79 Å². The number of carboxylic acid groups (broad SMARTS) is 1. The number of aliphatic carboxylic acids is 1. The second kappa shape index (κ2) is 5.46. The first-order valence-electron chi connectivity index (χ1n) is 4.99. The molecule has 0 saturated carbocycles. The number of carbonyl (C=O) groups is 1. The van der Waals surface area contributed by atoms with Gasteiger partial charge in [0.05, 0.1) is 0 Å². The number of hydrogen-bond donors (Lipinski definition) is 3. The Morgan fingerprint density at radius 3 is 2.88 bits per heavy atom. The lowest BCUT2D eigenvalue weighted by atomic mass is 10.2. The van der Waals surface area contributed by atoms with Crippen LogP contribution in [0.1, 0.15) is 12.0 Å². The zero-order valence-corrected chi connectivity index (χ0v) is 9.03. The lowest BCUT2D eigenvalue weighted by Crippen LogP contribution is -2.32. The maximum atomic E-state index is 12.9. The van der Waals surface area contributed by atoms with Crippen LogP contribution < -0.4 is 11.1 Å². The predicted octanol–water partition coefficient (Wildman–Crippen LogP) is 1.35. The van der Waals surface area contributed by atoms with Crippen molar-refractivity contribution < 1.29 is 14.3 Å². The molecule has 4 N–H and O–H groups in total. The van der Waals surface area contributed by atoms with Gasteiger partial charge in [0, 0.05) is 12.2 Å². The predicted molar refractivity (Wildman–Crippen MR) is 59.9 cm³/mol. The van der Waals surface area contributed by atoms with Crippen LogP contribution >= 0.6 is 0 Å². The monoisotopic (exact) mass is 226 g/mol. The van der Waals surface area contributed by atoms with E-state index < -0.39 is 12.0 Å². The van der Waals surface area contributed by atoms with Crippen molar-refractivity contribution in [2.24, 2.45) is 5.73 Å². The zero-order chi connectivity index (χ0) is 12.1. The van der Waals surface area contributed by atoms with Gasteiger partial charge in [0.1, 0.15) is 11.9 Å². The number of benzene rings is 1. The molecule has 1 aromatic carbocycles. The molecule has 0 spiro atoms. The summed E-state index contributed by atoms with van der Waals surface area (Å²) in [6.07, 6.45) is 0.325. The van der Waals surface area contributed by atoms with Gasteiger partial charge >= 0.3 is 5.97 Å². The van der Waals surface area contributed by atoms with Gasteiger partial charge in [0.15, 0.2) is 0 Å². The standard InChI is InChI=1S/C11H15FN2O2/c1-7-6-8(2-3-9(7)12)14-5-4-10(13)11(15)16/h2-3,6,10,14H,4-5,13H2,1H3,(H,15,16). The van der Waals surface area contributed by atoms with E-state index in [0.29, 0.717) is 18.5 Å². The first-order valence-corrected chi connectivity index (χ1v) is 4.99. The number of aryl methyl sites for hydroxylation is 1. The van der Waals surface area contributed by atoms with Crippen molar-refractivity contribution in [3.8, 4) is 0 Å². The number of rotatable bonds is 5. The van der Waals surface area contributed by atoms with Crippen LogP contribution in [-0.4, -0.2) is 23.7 Å². The average molecular weight is 226 g/mol. The summed E-state index contributed by atoms with van der Waals surface area (Å²) in [6, 6.07) is 3.78. The Kier molecular flexibility index (Phi) is 4.25. The van der Waals surface area contributed by atoms with Crippen LogP contribution in [-0.2, 0) is 4.79 Å². The van der Waals surface area contributed by atoms with Gasteiger partial charge in [-0.25, -0.2) is 4.39 Å². The Balaban J connectivity index is 2.43. The molecule has 0 saturated heterocycles. The number of nitrogens with two attached hydrogens (primary N) is 1. The molecule has 0 aromatic heterocycles. The second-order valence-electron chi connectivity index (χ2n) is 3.62. The summed E-state index contributed by atoms with van der Waals surface area (Å²) in [5, 5.41) is 11.5. The highest BCUT2D eigenvalue weighted by molar-refractivity contribution is 5.73. The van der Waals surface area contributed by atoms with Crippen molar-refractivity contribution in [1.29, 1.82) is 0 Å². The van der Waals surface area contributed by atoms with E-state index in [4.69, 9.17) is 10.8 Å². The molecule has 0 radical (unpaired) electrons. The van der Waals surface area contributed by atoms with E-state index in [1.54, 1.807) is 19.1 Å². The van der Waals surface area contributed by atoms with Crippen molar-refractivity contribution in [3.05, 3.63) is 29.6 Å². The van der Waals surface area contributed by atoms with Crippen LogP contribution in [0.5, 0.6) is 0 Å². The van der Waals surface area contributed by atoms with Crippen molar-refractivity contribution in [2.75, 3.05) is 11.9 Å². The zero-order valence-electron chi connectivity index (χ0n) is 9.03. The summed E-state index contributed by atoms with van der Waals surface area (Å²) < 4.78 is 12.9. The van der Waals surface area contributed by atoms with E-state index in [1.807, 2.05) is 0 Å². The lowest BCUT2D eigenvalue weighted by Gasteiger charge is -2.09. The number of halogens is 1. The molecule has 1 rings (SSSR count). The van der Waals surface area contributed by atoms with E-state index in [2.05, 4.69) is 5.32 Å². The summed E-state index contributed by atoms with van der Waals surface area (Å²) in [7, 11) is 0. The third-order valence-corrected chi connectivity index (χ3v) is 2.26. The van der Waals surface area contributed by atoms with Crippen molar-refractivity contribution >= 4 is 11.7 Å². The van der Waals surface area contributed by atoms with Crippen LogP contribution in [0.4, 0.5) is 10.1 Å². The average Bonchev–Trinajstić information content (AvgIpc) is 2.23. The first-order chi connectivity index (χ1) is 7.50. The molecular weight excluding hydrogens is 211 g/mol. The highest BCUT2D eigenvalue weighted by Crippen LogP contribution is 2.13. The Morgan fingerprint density at radius 2 is 2.31 bits per heavy atom. The molecule has 0 aliphatic heterocycles. The fourth-order valence-electron chi connectivity index (χ4n) is 1.25. The van der Waals surface area contributed by atoms with E-state index in [9.17, 15) is 9.18 Å². The fraction of sp³-hybridized carbons (Fsp3) is 0.364. The van der Waals surface area contributed by atoms with Crippen LogP contribution in [0.25, 0.3) is 0 Å². The molecule has 0 heterocycles. The molecule has 88 valence electrons. The van der Waals surface area contributed by atoms with Crippen molar-refractivity contribution in [3.63, 3.8) is 0 Å². The Labute approximate surface area is 93.3 Å². The maximum absolute atomic E-state index is 12.9. The van der Waals surface area contributed by atoms with Gasteiger partial charge in [-0.2, -0.15) is 0 Å². The van der Waals surface area contributed by atoms with Gasteiger partial charge < -0.3 is 16.2 Å². The summed E-state index contributed by atoms with van der Waals surface area (Å²) >= 11 is 0. The molecule has 5 heteroatoms.